The van der Waals surface area contributed by atoms with Crippen molar-refractivity contribution in [1.82, 2.24) is 5.32 Å². The molecule has 1 saturated carbocycles. The number of rotatable bonds is 2. The molecule has 1 heterocycles. The third kappa shape index (κ3) is 0.872. The van der Waals surface area contributed by atoms with Crippen molar-refractivity contribution in [2.75, 3.05) is 19.7 Å². The standard InChI is InChI=1S/C8H13NO2/c1-2-11-7(10)8-3-6(8)4-9-5-8/h6,9H,2-5H2,1H3/t6-,8+/m1/s1. The average Bonchev–Trinajstić information content (AvgIpc) is 2.57. The second kappa shape index (κ2) is 2.21. The molecule has 1 aliphatic carbocycles. The van der Waals surface area contributed by atoms with Gasteiger partial charge in [-0.1, -0.05) is 0 Å². The maximum absolute atomic E-state index is 11.3. The van der Waals surface area contributed by atoms with Crippen molar-refractivity contribution < 1.29 is 9.53 Å². The van der Waals surface area contributed by atoms with E-state index in [1.54, 1.807) is 0 Å². The highest BCUT2D eigenvalue weighted by atomic mass is 16.5. The number of fused-ring (bicyclic) bond motifs is 1. The average molecular weight is 155 g/mol. The third-order valence-electron chi connectivity index (χ3n) is 2.75. The van der Waals surface area contributed by atoms with Crippen molar-refractivity contribution in [3.8, 4) is 0 Å². The van der Waals surface area contributed by atoms with Crippen molar-refractivity contribution >= 4 is 5.97 Å². The van der Waals surface area contributed by atoms with Gasteiger partial charge in [0, 0.05) is 6.54 Å². The molecule has 1 aliphatic heterocycles. The van der Waals surface area contributed by atoms with Crippen LogP contribution in [-0.4, -0.2) is 25.7 Å². The van der Waals surface area contributed by atoms with Gasteiger partial charge in [-0.3, -0.25) is 4.79 Å². The van der Waals surface area contributed by atoms with Crippen LogP contribution in [0.2, 0.25) is 0 Å². The number of carbonyl (C=O) groups is 1. The van der Waals surface area contributed by atoms with Gasteiger partial charge >= 0.3 is 5.97 Å². The Bertz CT molecular complexity index is 193. The van der Waals surface area contributed by atoms with Gasteiger partial charge in [0.1, 0.15) is 0 Å². The van der Waals surface area contributed by atoms with Gasteiger partial charge in [-0.2, -0.15) is 0 Å². The number of nitrogens with one attached hydrogen (secondary N) is 1. The predicted octanol–water partition coefficient (Wildman–Crippen LogP) is 0.159. The molecule has 0 radical (unpaired) electrons. The highest BCUT2D eigenvalue weighted by Crippen LogP contribution is 2.55. The van der Waals surface area contributed by atoms with Gasteiger partial charge in [0.15, 0.2) is 0 Å². The summed E-state index contributed by atoms with van der Waals surface area (Å²) in [5, 5.41) is 3.20. The van der Waals surface area contributed by atoms with E-state index in [0.717, 1.165) is 19.5 Å². The van der Waals surface area contributed by atoms with Crippen LogP contribution in [0.3, 0.4) is 0 Å². The number of hydrogen-bond acceptors (Lipinski definition) is 3. The molecule has 1 saturated heterocycles. The van der Waals surface area contributed by atoms with Crippen molar-refractivity contribution in [1.29, 1.82) is 0 Å². The quantitative estimate of drug-likeness (QED) is 0.577. The Morgan fingerprint density at radius 3 is 3.09 bits per heavy atom. The fourth-order valence-electron chi connectivity index (χ4n) is 1.93. The summed E-state index contributed by atoms with van der Waals surface area (Å²) in [7, 11) is 0. The van der Waals surface area contributed by atoms with Gasteiger partial charge in [-0.15, -0.1) is 0 Å². The first kappa shape index (κ1) is 7.10. The summed E-state index contributed by atoms with van der Waals surface area (Å²) in [4.78, 5) is 11.3. The Kier molecular flexibility index (Phi) is 1.42. The molecule has 3 nitrogen and oxygen atoms in total. The zero-order valence-electron chi connectivity index (χ0n) is 6.72. The lowest BCUT2D eigenvalue weighted by atomic mass is 10.1. The van der Waals surface area contributed by atoms with Crippen LogP contribution >= 0.6 is 0 Å². The molecular formula is C8H13NO2. The van der Waals surface area contributed by atoms with Gasteiger partial charge in [0.05, 0.1) is 12.0 Å². The molecule has 2 aliphatic rings. The normalized spacial score (nSPS) is 39.9. The molecule has 0 unspecified atom stereocenters. The maximum Gasteiger partial charge on any atom is 0.313 e. The molecule has 1 N–H and O–H groups in total. The van der Waals surface area contributed by atoms with E-state index in [0.29, 0.717) is 12.5 Å². The van der Waals surface area contributed by atoms with E-state index in [1.807, 2.05) is 6.92 Å². The highest BCUT2D eigenvalue weighted by molar-refractivity contribution is 5.81. The van der Waals surface area contributed by atoms with Gasteiger partial charge in [-0.25, -0.2) is 0 Å². The Labute approximate surface area is 66.1 Å². The lowest BCUT2D eigenvalue weighted by Gasteiger charge is -2.09. The largest absolute Gasteiger partial charge is 0.466 e. The highest BCUT2D eigenvalue weighted by Gasteiger charge is 2.63. The second-order valence-corrected chi connectivity index (χ2v) is 3.41. The molecular weight excluding hydrogens is 142 g/mol. The lowest BCUT2D eigenvalue weighted by molar-refractivity contribution is -0.149. The molecule has 0 aromatic carbocycles. The fraction of sp³-hybridized carbons (Fsp3) is 0.875. The van der Waals surface area contributed by atoms with Gasteiger partial charge in [-0.05, 0) is 25.8 Å². The maximum atomic E-state index is 11.3. The molecule has 0 amide bonds. The van der Waals surface area contributed by atoms with E-state index >= 15 is 0 Å². The SMILES string of the molecule is CCOC(=O)[C@@]12CNC[C@H]1C2. The number of carbonyl (C=O) groups excluding carboxylic acids is 1. The van der Waals surface area contributed by atoms with E-state index in [9.17, 15) is 4.79 Å². The smallest absolute Gasteiger partial charge is 0.313 e. The Hall–Kier alpha value is -0.570. The molecule has 0 spiro atoms. The molecule has 3 heteroatoms. The van der Waals surface area contributed by atoms with E-state index in [1.165, 1.54) is 0 Å². The molecule has 62 valence electrons. The molecule has 2 atom stereocenters. The minimum atomic E-state index is -0.101. The molecule has 0 bridgehead atoms. The van der Waals surface area contributed by atoms with Crippen LogP contribution < -0.4 is 5.32 Å². The van der Waals surface area contributed by atoms with Crippen LogP contribution in [-0.2, 0) is 9.53 Å². The molecule has 11 heavy (non-hydrogen) atoms. The zero-order chi connectivity index (χ0) is 7.90. The molecule has 0 aromatic rings. The summed E-state index contributed by atoms with van der Waals surface area (Å²) in [5.41, 5.74) is -0.101. The van der Waals surface area contributed by atoms with Crippen LogP contribution in [0.15, 0.2) is 0 Å². The van der Waals surface area contributed by atoms with Gasteiger partial charge < -0.3 is 10.1 Å². The van der Waals surface area contributed by atoms with Crippen molar-refractivity contribution in [2.24, 2.45) is 11.3 Å². The molecule has 0 aromatic heterocycles. The first-order valence-electron chi connectivity index (χ1n) is 4.17. The van der Waals surface area contributed by atoms with Crippen LogP contribution in [0.1, 0.15) is 13.3 Å². The first-order chi connectivity index (χ1) is 5.29. The monoisotopic (exact) mass is 155 g/mol. The topological polar surface area (TPSA) is 38.3 Å². The number of ether oxygens (including phenoxy) is 1. The number of piperidine rings is 1. The van der Waals surface area contributed by atoms with Crippen molar-refractivity contribution in [3.63, 3.8) is 0 Å². The van der Waals surface area contributed by atoms with Crippen LogP contribution in [0.4, 0.5) is 0 Å². The van der Waals surface area contributed by atoms with E-state index in [2.05, 4.69) is 5.32 Å². The van der Waals surface area contributed by atoms with Crippen molar-refractivity contribution in [3.05, 3.63) is 0 Å². The zero-order valence-corrected chi connectivity index (χ0v) is 6.72. The molecule has 2 fully saturated rings. The summed E-state index contributed by atoms with van der Waals surface area (Å²) < 4.78 is 4.99. The molecule has 2 rings (SSSR count). The minimum absolute atomic E-state index is 0.00926. The Morgan fingerprint density at radius 1 is 1.82 bits per heavy atom. The summed E-state index contributed by atoms with van der Waals surface area (Å²) in [5.74, 6) is 0.580. The van der Waals surface area contributed by atoms with E-state index in [4.69, 9.17) is 4.74 Å². The Balaban J connectivity index is 1.99. The number of hydrogen-bond donors (Lipinski definition) is 1. The first-order valence-corrected chi connectivity index (χ1v) is 4.17. The Morgan fingerprint density at radius 2 is 2.64 bits per heavy atom. The third-order valence-corrected chi connectivity index (χ3v) is 2.75. The summed E-state index contributed by atoms with van der Waals surface area (Å²) in [6.45, 7) is 4.19. The van der Waals surface area contributed by atoms with Crippen LogP contribution in [0.5, 0.6) is 0 Å². The van der Waals surface area contributed by atoms with Crippen LogP contribution in [0, 0.1) is 11.3 Å². The summed E-state index contributed by atoms with van der Waals surface area (Å²) >= 11 is 0. The van der Waals surface area contributed by atoms with Gasteiger partial charge in [0.25, 0.3) is 0 Å². The second-order valence-electron chi connectivity index (χ2n) is 3.41. The van der Waals surface area contributed by atoms with E-state index < -0.39 is 0 Å². The lowest BCUT2D eigenvalue weighted by Crippen LogP contribution is -2.25. The van der Waals surface area contributed by atoms with E-state index in [-0.39, 0.29) is 11.4 Å². The predicted molar refractivity (Wildman–Crippen MR) is 40.0 cm³/mol. The summed E-state index contributed by atoms with van der Waals surface area (Å²) in [6, 6.07) is 0. The number of esters is 1. The van der Waals surface area contributed by atoms with Crippen molar-refractivity contribution in [2.45, 2.75) is 13.3 Å². The fourth-order valence-corrected chi connectivity index (χ4v) is 1.93. The van der Waals surface area contributed by atoms with Gasteiger partial charge in [0.2, 0.25) is 0 Å². The van der Waals surface area contributed by atoms with Crippen LogP contribution in [0.25, 0.3) is 0 Å². The summed E-state index contributed by atoms with van der Waals surface area (Å²) in [6.07, 6.45) is 1.04. The minimum Gasteiger partial charge on any atom is -0.466 e.